The summed E-state index contributed by atoms with van der Waals surface area (Å²) in [5.41, 5.74) is 0.348. The number of ether oxygens (including phenoxy) is 1. The minimum absolute atomic E-state index is 0.167. The van der Waals surface area contributed by atoms with Gasteiger partial charge in [0.2, 0.25) is 5.78 Å². The molecule has 0 aliphatic carbocycles. The molecule has 2 heterocycles. The highest BCUT2D eigenvalue weighted by Crippen LogP contribution is 2.21. The number of nitrogens with zero attached hydrogens (tertiary/aromatic N) is 3. The summed E-state index contributed by atoms with van der Waals surface area (Å²) in [6, 6.07) is 0. The lowest BCUT2D eigenvalue weighted by Gasteiger charge is -1.88. The van der Waals surface area contributed by atoms with Crippen LogP contribution in [0.2, 0.25) is 0 Å². The molecule has 0 spiro atoms. The Labute approximate surface area is 87.7 Å². The van der Waals surface area contributed by atoms with E-state index in [1.165, 1.54) is 30.8 Å². The Kier molecular flexibility index (Phi) is 2.51. The quantitative estimate of drug-likeness (QED) is 0.738. The average molecular weight is 227 g/mol. The fourth-order valence-corrected chi connectivity index (χ4v) is 1.94. The third-order valence-electron chi connectivity index (χ3n) is 1.48. The number of methoxy groups -OCH3 is 1. The second kappa shape index (κ2) is 3.81. The van der Waals surface area contributed by atoms with E-state index in [1.807, 2.05) is 0 Å². The number of hydrogen-bond donors (Lipinski definition) is 0. The minimum atomic E-state index is -0.167. The van der Waals surface area contributed by atoms with E-state index in [1.54, 1.807) is 0 Å². The maximum absolute atomic E-state index is 11.7. The molecule has 0 unspecified atom stereocenters. The topological polar surface area (TPSA) is 65.0 Å². The van der Waals surface area contributed by atoms with Crippen molar-refractivity contribution in [1.29, 1.82) is 0 Å². The number of aromatic nitrogens is 3. The van der Waals surface area contributed by atoms with E-state index in [0.717, 1.165) is 11.7 Å². The minimum Gasteiger partial charge on any atom is -0.473 e. The molecule has 0 amide bonds. The van der Waals surface area contributed by atoms with Gasteiger partial charge in [0.05, 0.1) is 31.2 Å². The Morgan fingerprint density at radius 3 is 2.93 bits per heavy atom. The standard InChI is InChI=1S/C7H5N3O2S2/c1-12-7-8-3-5(13-7)6(11)4-2-9-14-10-4/h2-3H,1H3. The molecule has 0 bridgehead atoms. The lowest BCUT2D eigenvalue weighted by Crippen LogP contribution is -1.97. The summed E-state index contributed by atoms with van der Waals surface area (Å²) < 4.78 is 12.5. The monoisotopic (exact) mass is 227 g/mol. The molecule has 72 valence electrons. The fourth-order valence-electron chi connectivity index (χ4n) is 0.848. The Morgan fingerprint density at radius 2 is 2.36 bits per heavy atom. The number of carbonyl (C=O) groups is 1. The number of rotatable bonds is 3. The zero-order valence-electron chi connectivity index (χ0n) is 7.13. The summed E-state index contributed by atoms with van der Waals surface area (Å²) in [5.74, 6) is -0.167. The molecule has 0 N–H and O–H groups in total. The molecule has 0 saturated heterocycles. The third kappa shape index (κ3) is 1.64. The molecule has 2 aromatic heterocycles. The van der Waals surface area contributed by atoms with Gasteiger partial charge >= 0.3 is 0 Å². The van der Waals surface area contributed by atoms with Gasteiger partial charge < -0.3 is 4.74 Å². The van der Waals surface area contributed by atoms with Crippen LogP contribution in [0.15, 0.2) is 12.4 Å². The molecule has 7 heteroatoms. The van der Waals surface area contributed by atoms with E-state index in [4.69, 9.17) is 4.74 Å². The first-order valence-corrected chi connectivity index (χ1v) is 5.18. The zero-order valence-corrected chi connectivity index (χ0v) is 8.76. The van der Waals surface area contributed by atoms with Gasteiger partial charge in [-0.15, -0.1) is 0 Å². The molecule has 0 aliphatic rings. The van der Waals surface area contributed by atoms with Crippen LogP contribution in [0.5, 0.6) is 5.19 Å². The molecule has 0 saturated carbocycles. The van der Waals surface area contributed by atoms with Gasteiger partial charge in [-0.2, -0.15) is 8.75 Å². The van der Waals surface area contributed by atoms with E-state index in [0.29, 0.717) is 15.8 Å². The van der Waals surface area contributed by atoms with Crippen LogP contribution in [0.3, 0.4) is 0 Å². The lowest BCUT2D eigenvalue weighted by molar-refractivity contribution is 0.103. The average Bonchev–Trinajstić information content (AvgIpc) is 2.88. The summed E-state index contributed by atoms with van der Waals surface area (Å²) in [6.45, 7) is 0. The number of ketones is 1. The molecule has 0 atom stereocenters. The predicted octanol–water partition coefficient (Wildman–Crippen LogP) is 1.23. The first-order valence-electron chi connectivity index (χ1n) is 3.63. The largest absolute Gasteiger partial charge is 0.473 e. The van der Waals surface area contributed by atoms with Crippen molar-refractivity contribution in [3.8, 4) is 5.19 Å². The van der Waals surface area contributed by atoms with Crippen molar-refractivity contribution in [3.63, 3.8) is 0 Å². The van der Waals surface area contributed by atoms with Crippen molar-refractivity contribution in [2.75, 3.05) is 7.11 Å². The SMILES string of the molecule is COc1ncc(C(=O)c2cnsn2)s1. The van der Waals surface area contributed by atoms with E-state index >= 15 is 0 Å². The summed E-state index contributed by atoms with van der Waals surface area (Å²) in [5, 5.41) is 0.469. The van der Waals surface area contributed by atoms with Crippen LogP contribution in [0.1, 0.15) is 15.4 Å². The molecular weight excluding hydrogens is 222 g/mol. The van der Waals surface area contributed by atoms with Crippen LogP contribution in [-0.2, 0) is 0 Å². The van der Waals surface area contributed by atoms with Gasteiger partial charge in [0.25, 0.3) is 5.19 Å². The summed E-state index contributed by atoms with van der Waals surface area (Å²) in [7, 11) is 1.51. The molecule has 2 rings (SSSR count). The number of hydrogen-bond acceptors (Lipinski definition) is 7. The van der Waals surface area contributed by atoms with Crippen LogP contribution < -0.4 is 4.74 Å². The van der Waals surface area contributed by atoms with Gasteiger partial charge in [-0.05, 0) is 0 Å². The van der Waals surface area contributed by atoms with E-state index in [9.17, 15) is 4.79 Å². The van der Waals surface area contributed by atoms with Crippen LogP contribution >= 0.6 is 23.1 Å². The van der Waals surface area contributed by atoms with Crippen molar-refractivity contribution in [2.24, 2.45) is 0 Å². The van der Waals surface area contributed by atoms with Crippen LogP contribution in [0, 0.1) is 0 Å². The Morgan fingerprint density at radius 1 is 1.50 bits per heavy atom. The predicted molar refractivity (Wildman–Crippen MR) is 52.0 cm³/mol. The van der Waals surface area contributed by atoms with Crippen LogP contribution in [-0.4, -0.2) is 26.6 Å². The summed E-state index contributed by atoms with van der Waals surface area (Å²) in [4.78, 5) is 16.1. The van der Waals surface area contributed by atoms with Crippen molar-refractivity contribution >= 4 is 28.8 Å². The lowest BCUT2D eigenvalue weighted by atomic mass is 10.3. The maximum atomic E-state index is 11.7. The molecule has 5 nitrogen and oxygen atoms in total. The summed E-state index contributed by atoms with van der Waals surface area (Å²) in [6.07, 6.45) is 2.92. The van der Waals surface area contributed by atoms with E-state index < -0.39 is 0 Å². The van der Waals surface area contributed by atoms with Gasteiger partial charge in [0.15, 0.2) is 0 Å². The fraction of sp³-hybridized carbons (Fsp3) is 0.143. The number of thiazole rings is 1. The highest BCUT2D eigenvalue weighted by molar-refractivity contribution is 7.15. The first kappa shape index (κ1) is 9.22. The zero-order chi connectivity index (χ0) is 9.97. The highest BCUT2D eigenvalue weighted by atomic mass is 32.1. The number of carbonyl (C=O) groups excluding carboxylic acids is 1. The van der Waals surface area contributed by atoms with E-state index in [-0.39, 0.29) is 5.78 Å². The Hall–Kier alpha value is -1.34. The highest BCUT2D eigenvalue weighted by Gasteiger charge is 2.15. The first-order chi connectivity index (χ1) is 6.81. The molecule has 14 heavy (non-hydrogen) atoms. The van der Waals surface area contributed by atoms with Crippen LogP contribution in [0.25, 0.3) is 0 Å². The molecule has 2 aromatic rings. The molecule has 0 aromatic carbocycles. The van der Waals surface area contributed by atoms with E-state index in [2.05, 4.69) is 13.7 Å². The molecule has 0 radical (unpaired) electrons. The molecule has 0 aliphatic heterocycles. The summed E-state index contributed by atoms with van der Waals surface area (Å²) >= 11 is 2.20. The maximum Gasteiger partial charge on any atom is 0.273 e. The van der Waals surface area contributed by atoms with Gasteiger partial charge in [-0.25, -0.2) is 4.98 Å². The van der Waals surface area contributed by atoms with Crippen molar-refractivity contribution in [2.45, 2.75) is 0 Å². The molecule has 0 fully saturated rings. The Balaban J connectivity index is 2.28. The second-order valence-electron chi connectivity index (χ2n) is 2.32. The van der Waals surface area contributed by atoms with Crippen molar-refractivity contribution in [3.05, 3.63) is 23.0 Å². The van der Waals surface area contributed by atoms with Crippen molar-refractivity contribution < 1.29 is 9.53 Å². The van der Waals surface area contributed by atoms with Gasteiger partial charge in [-0.1, -0.05) is 11.3 Å². The van der Waals surface area contributed by atoms with Crippen molar-refractivity contribution in [1.82, 2.24) is 13.7 Å². The van der Waals surface area contributed by atoms with Gasteiger partial charge in [0.1, 0.15) is 10.6 Å². The van der Waals surface area contributed by atoms with Gasteiger partial charge in [-0.3, -0.25) is 4.79 Å². The second-order valence-corrected chi connectivity index (χ2v) is 3.87. The smallest absolute Gasteiger partial charge is 0.273 e. The van der Waals surface area contributed by atoms with Crippen LogP contribution in [0.4, 0.5) is 0 Å². The molecular formula is C7H5N3O2S2. The third-order valence-corrected chi connectivity index (χ3v) is 2.91. The Bertz CT molecular complexity index is 437. The normalized spacial score (nSPS) is 10.1. The van der Waals surface area contributed by atoms with Gasteiger partial charge in [0, 0.05) is 0 Å².